The van der Waals surface area contributed by atoms with E-state index >= 15 is 0 Å². The first-order valence-corrected chi connectivity index (χ1v) is 8.60. The Balaban J connectivity index is 0.00000312. The third-order valence-electron chi connectivity index (χ3n) is 4.43. The van der Waals surface area contributed by atoms with Crippen LogP contribution in [0.5, 0.6) is 0 Å². The normalized spacial score (nSPS) is 20.1. The van der Waals surface area contributed by atoms with E-state index in [1.54, 1.807) is 24.3 Å². The molecule has 0 aliphatic carbocycles. The Morgan fingerprint density at radius 1 is 1.20 bits per heavy atom. The van der Waals surface area contributed by atoms with E-state index in [-0.39, 0.29) is 35.7 Å². The van der Waals surface area contributed by atoms with E-state index in [4.69, 9.17) is 5.73 Å². The lowest BCUT2D eigenvalue weighted by atomic mass is 9.97. The third kappa shape index (κ3) is 5.72. The number of carbonyl (C=O) groups is 2. The molecule has 3 N–H and O–H groups in total. The van der Waals surface area contributed by atoms with Crippen molar-refractivity contribution >= 4 is 24.2 Å². The van der Waals surface area contributed by atoms with Gasteiger partial charge in [0.05, 0.1) is 0 Å². The molecule has 1 aromatic rings. The Labute approximate surface area is 156 Å². The van der Waals surface area contributed by atoms with Gasteiger partial charge in [0.15, 0.2) is 0 Å². The molecule has 25 heavy (non-hydrogen) atoms. The zero-order valence-electron chi connectivity index (χ0n) is 15.5. The van der Waals surface area contributed by atoms with Crippen LogP contribution in [0.4, 0.5) is 0 Å². The van der Waals surface area contributed by atoms with Crippen molar-refractivity contribution in [2.45, 2.75) is 40.2 Å². The van der Waals surface area contributed by atoms with E-state index in [1.165, 1.54) is 0 Å². The molecule has 0 radical (unpaired) electrons. The van der Waals surface area contributed by atoms with Gasteiger partial charge in [-0.3, -0.25) is 9.59 Å². The SMILES string of the molecule is CC1CC(CN)CN1C(=O)c1ccc(C(=O)NCC(C)(C)C)cc1.Cl. The lowest BCUT2D eigenvalue weighted by Crippen LogP contribution is -2.34. The molecule has 1 aromatic carbocycles. The molecule has 1 heterocycles. The molecule has 1 fully saturated rings. The fourth-order valence-corrected chi connectivity index (χ4v) is 2.97. The molecule has 1 saturated heterocycles. The van der Waals surface area contributed by atoms with Crippen LogP contribution in [0.2, 0.25) is 0 Å². The molecule has 0 saturated carbocycles. The highest BCUT2D eigenvalue weighted by Crippen LogP contribution is 2.24. The van der Waals surface area contributed by atoms with Gasteiger partial charge < -0.3 is 16.0 Å². The van der Waals surface area contributed by atoms with E-state index in [9.17, 15) is 9.59 Å². The fraction of sp³-hybridized carbons (Fsp3) is 0.579. The number of hydrogen-bond acceptors (Lipinski definition) is 3. The van der Waals surface area contributed by atoms with Gasteiger partial charge in [-0.25, -0.2) is 0 Å². The molecular weight excluding hydrogens is 338 g/mol. The molecule has 1 aliphatic heterocycles. The molecule has 2 rings (SSSR count). The maximum absolute atomic E-state index is 12.6. The number of halogens is 1. The van der Waals surface area contributed by atoms with Crippen molar-refractivity contribution in [3.8, 4) is 0 Å². The van der Waals surface area contributed by atoms with Crippen molar-refractivity contribution in [3.05, 3.63) is 35.4 Å². The second-order valence-corrected chi connectivity index (χ2v) is 7.96. The number of nitrogens with two attached hydrogens (primary N) is 1. The molecule has 2 atom stereocenters. The maximum atomic E-state index is 12.6. The van der Waals surface area contributed by atoms with Crippen molar-refractivity contribution < 1.29 is 9.59 Å². The summed E-state index contributed by atoms with van der Waals surface area (Å²) in [5, 5.41) is 2.91. The van der Waals surface area contributed by atoms with E-state index in [1.807, 2.05) is 4.90 Å². The van der Waals surface area contributed by atoms with Gasteiger partial charge in [-0.05, 0) is 55.5 Å². The molecular formula is C19H30ClN3O2. The Hall–Kier alpha value is -1.59. The van der Waals surface area contributed by atoms with Crippen molar-refractivity contribution in [2.24, 2.45) is 17.1 Å². The highest BCUT2D eigenvalue weighted by molar-refractivity contribution is 5.98. The number of hydrogen-bond donors (Lipinski definition) is 2. The highest BCUT2D eigenvalue weighted by atomic mass is 35.5. The summed E-state index contributed by atoms with van der Waals surface area (Å²) in [7, 11) is 0. The summed E-state index contributed by atoms with van der Waals surface area (Å²) in [5.74, 6) is 0.285. The third-order valence-corrected chi connectivity index (χ3v) is 4.43. The number of carbonyl (C=O) groups excluding carboxylic acids is 2. The Bertz CT molecular complexity index is 596. The van der Waals surface area contributed by atoms with Crippen molar-refractivity contribution in [1.82, 2.24) is 10.2 Å². The standard InChI is InChI=1S/C19H29N3O2.ClH/c1-13-9-14(10-20)11-22(13)18(24)16-7-5-15(6-8-16)17(23)21-12-19(2,3)4;/h5-8,13-14H,9-12,20H2,1-4H3,(H,21,23);1H. The second-order valence-electron chi connectivity index (χ2n) is 7.96. The molecule has 0 aromatic heterocycles. The van der Waals surface area contributed by atoms with Crippen molar-refractivity contribution in [1.29, 1.82) is 0 Å². The number of nitrogens with zero attached hydrogens (tertiary/aromatic N) is 1. The Morgan fingerprint density at radius 2 is 1.76 bits per heavy atom. The minimum Gasteiger partial charge on any atom is -0.352 e. The zero-order valence-corrected chi connectivity index (χ0v) is 16.4. The van der Waals surface area contributed by atoms with Crippen molar-refractivity contribution in [2.75, 3.05) is 19.6 Å². The fourth-order valence-electron chi connectivity index (χ4n) is 2.97. The molecule has 6 heteroatoms. The smallest absolute Gasteiger partial charge is 0.254 e. The van der Waals surface area contributed by atoms with Crippen LogP contribution in [0.3, 0.4) is 0 Å². The zero-order chi connectivity index (χ0) is 17.9. The van der Waals surface area contributed by atoms with Crippen LogP contribution >= 0.6 is 12.4 Å². The van der Waals surface area contributed by atoms with Crippen LogP contribution in [0.1, 0.15) is 54.8 Å². The summed E-state index contributed by atoms with van der Waals surface area (Å²) < 4.78 is 0. The summed E-state index contributed by atoms with van der Waals surface area (Å²) in [6.07, 6.45) is 0.954. The number of nitrogens with one attached hydrogen (secondary N) is 1. The minimum absolute atomic E-state index is 0. The van der Waals surface area contributed by atoms with E-state index < -0.39 is 0 Å². The topological polar surface area (TPSA) is 75.4 Å². The maximum Gasteiger partial charge on any atom is 0.254 e. The van der Waals surface area contributed by atoms with Gasteiger partial charge in [-0.1, -0.05) is 20.8 Å². The number of benzene rings is 1. The van der Waals surface area contributed by atoms with E-state index in [2.05, 4.69) is 33.0 Å². The first kappa shape index (κ1) is 21.5. The Morgan fingerprint density at radius 3 is 2.24 bits per heavy atom. The lowest BCUT2D eigenvalue weighted by molar-refractivity contribution is 0.0742. The molecule has 140 valence electrons. The molecule has 2 unspecified atom stereocenters. The summed E-state index contributed by atoms with van der Waals surface area (Å²) in [6, 6.07) is 7.10. The molecule has 2 amide bonds. The number of rotatable bonds is 4. The van der Waals surface area contributed by atoms with Gasteiger partial charge in [0.25, 0.3) is 11.8 Å². The molecule has 0 bridgehead atoms. The quantitative estimate of drug-likeness (QED) is 0.859. The van der Waals surface area contributed by atoms with Gasteiger partial charge in [0.2, 0.25) is 0 Å². The molecule has 1 aliphatic rings. The molecule has 5 nitrogen and oxygen atoms in total. The first-order valence-electron chi connectivity index (χ1n) is 8.60. The van der Waals surface area contributed by atoms with E-state index in [0.717, 1.165) is 6.42 Å². The highest BCUT2D eigenvalue weighted by Gasteiger charge is 2.32. The van der Waals surface area contributed by atoms with Gasteiger partial charge in [0.1, 0.15) is 0 Å². The lowest BCUT2D eigenvalue weighted by Gasteiger charge is -2.22. The van der Waals surface area contributed by atoms with Crippen LogP contribution in [0, 0.1) is 11.3 Å². The average molecular weight is 368 g/mol. The van der Waals surface area contributed by atoms with E-state index in [0.29, 0.717) is 36.7 Å². The van der Waals surface area contributed by atoms with Gasteiger partial charge in [0, 0.05) is 30.3 Å². The first-order chi connectivity index (χ1) is 11.2. The van der Waals surface area contributed by atoms with Gasteiger partial charge in [-0.15, -0.1) is 12.4 Å². The van der Waals surface area contributed by atoms with Crippen LogP contribution < -0.4 is 11.1 Å². The van der Waals surface area contributed by atoms with Crippen LogP contribution in [0.25, 0.3) is 0 Å². The van der Waals surface area contributed by atoms with Crippen LogP contribution in [0.15, 0.2) is 24.3 Å². The summed E-state index contributed by atoms with van der Waals surface area (Å²) in [5.41, 5.74) is 6.96. The minimum atomic E-state index is -0.110. The van der Waals surface area contributed by atoms with Gasteiger partial charge in [-0.2, -0.15) is 0 Å². The number of likely N-dealkylation sites (tertiary alicyclic amines) is 1. The number of amides is 2. The second kappa shape index (κ2) is 8.68. The predicted octanol–water partition coefficient (Wildman–Crippen LogP) is 2.69. The van der Waals surface area contributed by atoms with Crippen molar-refractivity contribution in [3.63, 3.8) is 0 Å². The van der Waals surface area contributed by atoms with Gasteiger partial charge >= 0.3 is 0 Å². The van der Waals surface area contributed by atoms with Crippen LogP contribution in [-0.2, 0) is 0 Å². The van der Waals surface area contributed by atoms with Crippen LogP contribution in [-0.4, -0.2) is 42.4 Å². The average Bonchev–Trinajstić information content (AvgIpc) is 2.92. The Kier molecular flexibility index (Phi) is 7.44. The largest absolute Gasteiger partial charge is 0.352 e. The predicted molar refractivity (Wildman–Crippen MR) is 103 cm³/mol. The monoisotopic (exact) mass is 367 g/mol. The summed E-state index contributed by atoms with van der Waals surface area (Å²) in [4.78, 5) is 26.7. The summed E-state index contributed by atoms with van der Waals surface area (Å²) >= 11 is 0. The summed E-state index contributed by atoms with van der Waals surface area (Å²) in [6.45, 7) is 10.2. The molecule has 0 spiro atoms.